The number of carbonyl (C=O) groups excluding carboxylic acids is 2. The second kappa shape index (κ2) is 3.92. The number of aliphatic carboxylic acids is 1. The van der Waals surface area contributed by atoms with Crippen molar-refractivity contribution in [3.63, 3.8) is 0 Å². The van der Waals surface area contributed by atoms with E-state index < -0.39 is 39.2 Å². The first-order valence-electron chi connectivity index (χ1n) is 5.08. The molecule has 9 nitrogen and oxygen atoms in total. The van der Waals surface area contributed by atoms with E-state index in [-0.39, 0.29) is 19.5 Å². The van der Waals surface area contributed by atoms with E-state index in [2.05, 4.69) is 5.32 Å². The average Bonchev–Trinajstić information content (AvgIpc) is 2.71. The highest BCUT2D eigenvalue weighted by atomic mass is 32.2. The van der Waals surface area contributed by atoms with Gasteiger partial charge in [-0.25, -0.2) is 13.2 Å². The van der Waals surface area contributed by atoms with Gasteiger partial charge in [-0.2, -0.15) is 4.31 Å². The van der Waals surface area contributed by atoms with Gasteiger partial charge in [-0.05, 0) is 6.42 Å². The molecule has 2 rings (SSSR count). The number of carbonyl (C=O) groups is 3. The van der Waals surface area contributed by atoms with Crippen molar-refractivity contribution >= 4 is 27.9 Å². The third kappa shape index (κ3) is 2.04. The summed E-state index contributed by atoms with van der Waals surface area (Å²) in [6.07, 6.45) is 0.128. The molecule has 1 atom stereocenters. The van der Waals surface area contributed by atoms with Crippen LogP contribution in [0.4, 0.5) is 4.79 Å². The Morgan fingerprint density at radius 2 is 2.11 bits per heavy atom. The molecule has 0 saturated carbocycles. The number of sulfonamides is 1. The summed E-state index contributed by atoms with van der Waals surface area (Å²) < 4.78 is 24.3. The van der Waals surface area contributed by atoms with Crippen LogP contribution in [-0.2, 0) is 19.6 Å². The van der Waals surface area contributed by atoms with Crippen LogP contribution in [0, 0.1) is 0 Å². The van der Waals surface area contributed by atoms with Gasteiger partial charge >= 0.3 is 12.0 Å². The van der Waals surface area contributed by atoms with Crippen LogP contribution in [0.25, 0.3) is 0 Å². The molecule has 2 saturated heterocycles. The van der Waals surface area contributed by atoms with Crippen LogP contribution in [0.2, 0.25) is 0 Å². The minimum atomic E-state index is -3.96. The van der Waals surface area contributed by atoms with Gasteiger partial charge in [0.1, 0.15) is 5.54 Å². The fourth-order valence-corrected chi connectivity index (χ4v) is 3.36. The smallest absolute Gasteiger partial charge is 0.322 e. The van der Waals surface area contributed by atoms with Crippen LogP contribution in [0.1, 0.15) is 6.42 Å². The van der Waals surface area contributed by atoms with Gasteiger partial charge in [0.05, 0.1) is 0 Å². The van der Waals surface area contributed by atoms with Crippen molar-refractivity contribution in [2.75, 3.05) is 18.8 Å². The Kier molecular flexibility index (Phi) is 2.78. The largest absolute Gasteiger partial charge is 0.480 e. The van der Waals surface area contributed by atoms with E-state index in [0.29, 0.717) is 0 Å². The van der Waals surface area contributed by atoms with E-state index in [1.807, 2.05) is 5.32 Å². The molecular formula is C8H11N3O6S. The van der Waals surface area contributed by atoms with E-state index in [1.165, 1.54) is 0 Å². The Balaban J connectivity index is 2.16. The molecule has 2 fully saturated rings. The molecule has 0 aliphatic carbocycles. The Morgan fingerprint density at radius 1 is 1.44 bits per heavy atom. The van der Waals surface area contributed by atoms with Crippen LogP contribution in [-0.4, -0.2) is 60.1 Å². The van der Waals surface area contributed by atoms with Crippen molar-refractivity contribution in [2.24, 2.45) is 0 Å². The fraction of sp³-hybridized carbons (Fsp3) is 0.625. The van der Waals surface area contributed by atoms with E-state index in [1.54, 1.807) is 0 Å². The summed E-state index contributed by atoms with van der Waals surface area (Å²) in [4.78, 5) is 33.1. The molecule has 18 heavy (non-hydrogen) atoms. The lowest BCUT2D eigenvalue weighted by Gasteiger charge is -2.20. The quantitative estimate of drug-likeness (QED) is 0.496. The molecule has 0 radical (unpaired) electrons. The molecule has 0 aromatic heterocycles. The SMILES string of the molecule is O=C(O)CS(=O)(=O)N1CCC2(C1)NC(=O)NC2=O. The normalized spacial score (nSPS) is 28.4. The van der Waals surface area contributed by atoms with Gasteiger partial charge in [-0.3, -0.25) is 14.9 Å². The average molecular weight is 277 g/mol. The van der Waals surface area contributed by atoms with E-state index in [4.69, 9.17) is 5.11 Å². The number of imide groups is 1. The van der Waals surface area contributed by atoms with Crippen molar-refractivity contribution in [1.82, 2.24) is 14.9 Å². The molecule has 0 aromatic rings. The first-order valence-corrected chi connectivity index (χ1v) is 6.69. The van der Waals surface area contributed by atoms with Crippen LogP contribution < -0.4 is 10.6 Å². The number of amides is 3. The fourth-order valence-electron chi connectivity index (χ4n) is 2.07. The van der Waals surface area contributed by atoms with Crippen molar-refractivity contribution in [1.29, 1.82) is 0 Å². The number of hydrogen-bond acceptors (Lipinski definition) is 5. The van der Waals surface area contributed by atoms with Crippen molar-refractivity contribution in [2.45, 2.75) is 12.0 Å². The van der Waals surface area contributed by atoms with Crippen molar-refractivity contribution in [3.8, 4) is 0 Å². The lowest BCUT2D eigenvalue weighted by molar-refractivity contribution is -0.134. The third-order valence-electron chi connectivity index (χ3n) is 2.95. The summed E-state index contributed by atoms with van der Waals surface area (Å²) in [6.45, 7) is -0.233. The standard InChI is InChI=1S/C8H11N3O6S/c12-5(13)3-18(16,17)11-2-1-8(4-11)6(14)9-7(15)10-8/h1-4H2,(H,12,13)(H2,9,10,14,15). The van der Waals surface area contributed by atoms with Crippen molar-refractivity contribution < 1.29 is 27.9 Å². The van der Waals surface area contributed by atoms with Crippen LogP contribution in [0.15, 0.2) is 0 Å². The Morgan fingerprint density at radius 3 is 2.61 bits per heavy atom. The highest BCUT2D eigenvalue weighted by Crippen LogP contribution is 2.26. The number of nitrogens with one attached hydrogen (secondary N) is 2. The molecule has 100 valence electrons. The van der Waals surface area contributed by atoms with Gasteiger partial charge in [-0.15, -0.1) is 0 Å². The molecule has 1 unspecified atom stereocenters. The highest BCUT2D eigenvalue weighted by Gasteiger charge is 2.53. The topological polar surface area (TPSA) is 133 Å². The van der Waals surface area contributed by atoms with Crippen LogP contribution in [0.3, 0.4) is 0 Å². The molecule has 0 aromatic carbocycles. The van der Waals surface area contributed by atoms with Crippen molar-refractivity contribution in [3.05, 3.63) is 0 Å². The van der Waals surface area contributed by atoms with E-state index in [0.717, 1.165) is 4.31 Å². The second-order valence-electron chi connectivity index (χ2n) is 4.22. The number of nitrogens with zero attached hydrogens (tertiary/aromatic N) is 1. The molecule has 3 amide bonds. The van der Waals surface area contributed by atoms with Crippen LogP contribution in [0.5, 0.6) is 0 Å². The summed E-state index contributed by atoms with van der Waals surface area (Å²) in [6, 6.07) is -0.669. The zero-order chi connectivity index (χ0) is 13.6. The summed E-state index contributed by atoms with van der Waals surface area (Å²) in [5, 5.41) is 12.9. The maximum absolute atomic E-state index is 11.7. The second-order valence-corrected chi connectivity index (χ2v) is 6.19. The van der Waals surface area contributed by atoms with Gasteiger partial charge in [0, 0.05) is 13.1 Å². The first kappa shape index (κ1) is 12.8. The number of carboxylic acid groups (broad SMARTS) is 1. The maximum atomic E-state index is 11.7. The molecule has 2 aliphatic rings. The minimum absolute atomic E-state index is 0.00329. The van der Waals surface area contributed by atoms with Gasteiger partial charge in [0.25, 0.3) is 5.91 Å². The molecule has 1 spiro atoms. The Bertz CT molecular complexity index is 529. The van der Waals surface area contributed by atoms with Gasteiger partial charge in [-0.1, -0.05) is 0 Å². The lowest BCUT2D eigenvalue weighted by atomic mass is 10.00. The van der Waals surface area contributed by atoms with Gasteiger partial charge < -0.3 is 10.4 Å². The lowest BCUT2D eigenvalue weighted by Crippen LogP contribution is -2.50. The Hall–Kier alpha value is -1.68. The summed E-state index contributed by atoms with van der Waals surface area (Å²) in [5.74, 6) is -3.07. The Labute approximate surface area is 102 Å². The zero-order valence-corrected chi connectivity index (χ0v) is 9.99. The molecule has 0 bridgehead atoms. The molecular weight excluding hydrogens is 266 g/mol. The van der Waals surface area contributed by atoms with Crippen LogP contribution >= 0.6 is 0 Å². The number of urea groups is 1. The molecule has 3 N–H and O–H groups in total. The summed E-state index contributed by atoms with van der Waals surface area (Å²) in [5.41, 5.74) is -1.26. The monoisotopic (exact) mass is 277 g/mol. The summed E-state index contributed by atoms with van der Waals surface area (Å²) >= 11 is 0. The van der Waals surface area contributed by atoms with Gasteiger partial charge in [0.2, 0.25) is 10.0 Å². The molecule has 2 aliphatic heterocycles. The highest BCUT2D eigenvalue weighted by molar-refractivity contribution is 7.89. The van der Waals surface area contributed by atoms with E-state index >= 15 is 0 Å². The summed E-state index contributed by atoms with van der Waals surface area (Å²) in [7, 11) is -3.96. The number of rotatable bonds is 3. The number of carboxylic acids is 1. The minimum Gasteiger partial charge on any atom is -0.480 e. The predicted molar refractivity (Wildman–Crippen MR) is 57.0 cm³/mol. The third-order valence-corrected chi connectivity index (χ3v) is 4.66. The molecule has 10 heteroatoms. The predicted octanol–water partition coefficient (Wildman–Crippen LogP) is -2.32. The first-order chi connectivity index (χ1) is 8.25. The molecule has 2 heterocycles. The maximum Gasteiger partial charge on any atom is 0.322 e. The zero-order valence-electron chi connectivity index (χ0n) is 9.17. The number of hydrogen-bond donors (Lipinski definition) is 3. The van der Waals surface area contributed by atoms with E-state index in [9.17, 15) is 22.8 Å². The van der Waals surface area contributed by atoms with Gasteiger partial charge in [0.15, 0.2) is 5.75 Å².